The molecule has 2 N–H and O–H groups in total. The zero-order valence-electron chi connectivity index (χ0n) is 18.4. The first-order chi connectivity index (χ1) is 16.0. The summed E-state index contributed by atoms with van der Waals surface area (Å²) in [5, 5.41) is 12.4. The largest absolute Gasteiger partial charge is 0.478 e. The lowest BCUT2D eigenvalue weighted by molar-refractivity contribution is 0.0697. The standard InChI is InChI=1S/C24H24N6O3/c1-15-25-19-8-5-17(13-21(19)29(15)2)20-14-22(26-18-6-3-16(4-7-18)23(31)32)28-24(27-20)30-9-11-33-12-10-30/h3-8,13-14H,9-12H2,1-2H3,(H,31,32)(H,26,27,28). The van der Waals surface area contributed by atoms with Crippen molar-refractivity contribution in [1.29, 1.82) is 0 Å². The van der Waals surface area contributed by atoms with Gasteiger partial charge in [-0.3, -0.25) is 0 Å². The van der Waals surface area contributed by atoms with Crippen LogP contribution >= 0.6 is 0 Å². The van der Waals surface area contributed by atoms with Gasteiger partial charge in [0.2, 0.25) is 5.95 Å². The smallest absolute Gasteiger partial charge is 0.335 e. The van der Waals surface area contributed by atoms with Gasteiger partial charge in [0.15, 0.2) is 0 Å². The van der Waals surface area contributed by atoms with Gasteiger partial charge in [-0.15, -0.1) is 0 Å². The maximum absolute atomic E-state index is 11.1. The number of carboxylic acids is 1. The highest BCUT2D eigenvalue weighted by Crippen LogP contribution is 2.28. The topological polar surface area (TPSA) is 105 Å². The normalized spacial score (nSPS) is 13.9. The quantitative estimate of drug-likeness (QED) is 0.481. The molecule has 1 aliphatic rings. The first-order valence-electron chi connectivity index (χ1n) is 10.7. The zero-order chi connectivity index (χ0) is 22.9. The number of aryl methyl sites for hydroxylation is 2. The summed E-state index contributed by atoms with van der Waals surface area (Å²) >= 11 is 0. The molecule has 0 unspecified atom stereocenters. The second-order valence-electron chi connectivity index (χ2n) is 7.97. The molecule has 0 atom stereocenters. The molecule has 0 saturated carbocycles. The molecule has 0 radical (unpaired) electrons. The van der Waals surface area contributed by atoms with E-state index in [4.69, 9.17) is 19.8 Å². The molecule has 0 amide bonds. The van der Waals surface area contributed by atoms with E-state index in [-0.39, 0.29) is 5.56 Å². The van der Waals surface area contributed by atoms with E-state index in [0.717, 1.165) is 46.9 Å². The lowest BCUT2D eigenvalue weighted by atomic mass is 10.1. The van der Waals surface area contributed by atoms with E-state index in [2.05, 4.69) is 25.8 Å². The monoisotopic (exact) mass is 444 g/mol. The number of carboxylic acid groups (broad SMARTS) is 1. The molecule has 1 fully saturated rings. The van der Waals surface area contributed by atoms with Gasteiger partial charge in [0.25, 0.3) is 0 Å². The third-order valence-electron chi connectivity index (χ3n) is 5.81. The number of anilines is 3. The fourth-order valence-corrected chi connectivity index (χ4v) is 3.86. The van der Waals surface area contributed by atoms with E-state index < -0.39 is 5.97 Å². The first kappa shape index (κ1) is 20.9. The van der Waals surface area contributed by atoms with Crippen LogP contribution in [0, 0.1) is 6.92 Å². The molecule has 3 heterocycles. The third kappa shape index (κ3) is 4.22. The van der Waals surface area contributed by atoms with Crippen molar-refractivity contribution in [3.8, 4) is 11.3 Å². The molecule has 0 spiro atoms. The summed E-state index contributed by atoms with van der Waals surface area (Å²) in [6, 6.07) is 14.6. The molecule has 5 rings (SSSR count). The number of rotatable bonds is 5. The van der Waals surface area contributed by atoms with Crippen molar-refractivity contribution in [3.63, 3.8) is 0 Å². The maximum atomic E-state index is 11.1. The molecule has 33 heavy (non-hydrogen) atoms. The molecule has 9 nitrogen and oxygen atoms in total. The van der Waals surface area contributed by atoms with Gasteiger partial charge in [0, 0.05) is 37.5 Å². The molecule has 4 aromatic rings. The molecule has 2 aromatic heterocycles. The van der Waals surface area contributed by atoms with Crippen LogP contribution in [0.5, 0.6) is 0 Å². The van der Waals surface area contributed by atoms with Crippen molar-refractivity contribution in [3.05, 3.63) is 59.9 Å². The number of benzene rings is 2. The summed E-state index contributed by atoms with van der Waals surface area (Å²) in [5.74, 6) is 1.25. The first-order valence-corrected chi connectivity index (χ1v) is 10.7. The Morgan fingerprint density at radius 3 is 2.52 bits per heavy atom. The van der Waals surface area contributed by atoms with Crippen LogP contribution in [0.1, 0.15) is 16.2 Å². The van der Waals surface area contributed by atoms with Crippen LogP contribution in [0.2, 0.25) is 0 Å². The summed E-state index contributed by atoms with van der Waals surface area (Å²) in [6.07, 6.45) is 0. The van der Waals surface area contributed by atoms with E-state index in [1.807, 2.05) is 32.2 Å². The second kappa shape index (κ2) is 8.51. The van der Waals surface area contributed by atoms with Gasteiger partial charge in [0.1, 0.15) is 11.6 Å². The molecule has 168 valence electrons. The fourth-order valence-electron chi connectivity index (χ4n) is 3.86. The molecule has 1 aliphatic heterocycles. The fraction of sp³-hybridized carbons (Fsp3) is 0.250. The van der Waals surface area contributed by atoms with Gasteiger partial charge in [-0.2, -0.15) is 4.98 Å². The van der Waals surface area contributed by atoms with E-state index in [1.165, 1.54) is 0 Å². The van der Waals surface area contributed by atoms with Crippen molar-refractivity contribution in [2.75, 3.05) is 36.5 Å². The van der Waals surface area contributed by atoms with Gasteiger partial charge >= 0.3 is 5.97 Å². The molecular formula is C24H24N6O3. The minimum atomic E-state index is -0.957. The summed E-state index contributed by atoms with van der Waals surface area (Å²) in [5.41, 5.74) is 4.71. The van der Waals surface area contributed by atoms with E-state index in [9.17, 15) is 4.79 Å². The minimum absolute atomic E-state index is 0.234. The Morgan fingerprint density at radius 1 is 1.03 bits per heavy atom. The number of morpholine rings is 1. The molecule has 9 heteroatoms. The Morgan fingerprint density at radius 2 is 1.79 bits per heavy atom. The van der Waals surface area contributed by atoms with Crippen LogP contribution in [-0.2, 0) is 11.8 Å². The van der Waals surface area contributed by atoms with Gasteiger partial charge in [-0.25, -0.2) is 14.8 Å². The molecule has 0 aliphatic carbocycles. The van der Waals surface area contributed by atoms with Crippen molar-refractivity contribution in [1.82, 2.24) is 19.5 Å². The Kier molecular flexibility index (Phi) is 5.39. The molecule has 1 saturated heterocycles. The average Bonchev–Trinajstić information content (AvgIpc) is 3.12. The van der Waals surface area contributed by atoms with Crippen molar-refractivity contribution >= 4 is 34.5 Å². The van der Waals surface area contributed by atoms with Crippen LogP contribution < -0.4 is 10.2 Å². The van der Waals surface area contributed by atoms with Gasteiger partial charge in [-0.05, 0) is 43.3 Å². The number of aromatic carboxylic acids is 1. The van der Waals surface area contributed by atoms with E-state index in [1.54, 1.807) is 24.3 Å². The number of hydrogen-bond acceptors (Lipinski definition) is 7. The SMILES string of the molecule is Cc1nc2ccc(-c3cc(Nc4ccc(C(=O)O)cc4)nc(N4CCOCC4)n3)cc2n1C. The number of fused-ring (bicyclic) bond motifs is 1. The number of imidazole rings is 1. The number of hydrogen-bond donors (Lipinski definition) is 2. The highest BCUT2D eigenvalue weighted by atomic mass is 16.5. The number of aromatic nitrogens is 4. The Bertz CT molecular complexity index is 1330. The van der Waals surface area contributed by atoms with Crippen LogP contribution in [0.4, 0.5) is 17.5 Å². The number of nitrogens with zero attached hydrogens (tertiary/aromatic N) is 5. The Hall–Kier alpha value is -3.98. The number of ether oxygens (including phenoxy) is 1. The van der Waals surface area contributed by atoms with Crippen LogP contribution in [0.3, 0.4) is 0 Å². The van der Waals surface area contributed by atoms with Crippen LogP contribution in [-0.4, -0.2) is 56.9 Å². The predicted molar refractivity (Wildman–Crippen MR) is 126 cm³/mol. The summed E-state index contributed by atoms with van der Waals surface area (Å²) in [4.78, 5) is 27.4. The number of nitrogens with one attached hydrogen (secondary N) is 1. The summed E-state index contributed by atoms with van der Waals surface area (Å²) in [6.45, 7) is 4.69. The summed E-state index contributed by atoms with van der Waals surface area (Å²) in [7, 11) is 2.00. The second-order valence-corrected chi connectivity index (χ2v) is 7.97. The zero-order valence-corrected chi connectivity index (χ0v) is 18.4. The molecule has 2 aromatic carbocycles. The van der Waals surface area contributed by atoms with Crippen LogP contribution in [0.25, 0.3) is 22.3 Å². The Balaban J connectivity index is 1.55. The third-order valence-corrected chi connectivity index (χ3v) is 5.81. The van der Waals surface area contributed by atoms with Crippen molar-refractivity contribution < 1.29 is 14.6 Å². The average molecular weight is 444 g/mol. The van der Waals surface area contributed by atoms with Gasteiger partial charge in [0.05, 0.1) is 35.5 Å². The maximum Gasteiger partial charge on any atom is 0.335 e. The highest BCUT2D eigenvalue weighted by Gasteiger charge is 2.17. The van der Waals surface area contributed by atoms with E-state index >= 15 is 0 Å². The van der Waals surface area contributed by atoms with Gasteiger partial charge in [-0.1, -0.05) is 6.07 Å². The molecular weight excluding hydrogens is 420 g/mol. The lowest BCUT2D eigenvalue weighted by Gasteiger charge is -2.27. The molecule has 0 bridgehead atoms. The predicted octanol–water partition coefficient (Wildman–Crippen LogP) is 3.62. The number of carbonyl (C=O) groups is 1. The highest BCUT2D eigenvalue weighted by molar-refractivity contribution is 5.88. The lowest BCUT2D eigenvalue weighted by Crippen LogP contribution is -2.37. The van der Waals surface area contributed by atoms with Gasteiger partial charge < -0.3 is 24.6 Å². The summed E-state index contributed by atoms with van der Waals surface area (Å²) < 4.78 is 7.55. The van der Waals surface area contributed by atoms with Crippen molar-refractivity contribution in [2.24, 2.45) is 7.05 Å². The van der Waals surface area contributed by atoms with Crippen LogP contribution in [0.15, 0.2) is 48.5 Å². The van der Waals surface area contributed by atoms with E-state index in [0.29, 0.717) is 25.0 Å². The Labute approximate surface area is 190 Å². The van der Waals surface area contributed by atoms with Crippen molar-refractivity contribution in [2.45, 2.75) is 6.92 Å². The minimum Gasteiger partial charge on any atom is -0.478 e.